The summed E-state index contributed by atoms with van der Waals surface area (Å²) in [6.07, 6.45) is -2.27. The minimum Gasteiger partial charge on any atom is -0.379 e. The van der Waals surface area contributed by atoms with Crippen LogP contribution >= 0.6 is 0 Å². The summed E-state index contributed by atoms with van der Waals surface area (Å²) in [5.41, 5.74) is 1.83. The van der Waals surface area contributed by atoms with Gasteiger partial charge in [-0.1, -0.05) is 18.2 Å². The van der Waals surface area contributed by atoms with Crippen molar-refractivity contribution in [2.75, 3.05) is 32.9 Å². The lowest BCUT2D eigenvalue weighted by molar-refractivity contribution is -0.141. The Balaban J connectivity index is 1.40. The molecule has 0 amide bonds. The fourth-order valence-corrected chi connectivity index (χ4v) is 5.29. The number of benzene rings is 1. The van der Waals surface area contributed by atoms with Crippen molar-refractivity contribution < 1.29 is 22.6 Å². The molecule has 0 radical (unpaired) electrons. The number of nitrogens with zero attached hydrogens (tertiary/aromatic N) is 6. The van der Waals surface area contributed by atoms with Gasteiger partial charge in [-0.05, 0) is 24.6 Å². The van der Waals surface area contributed by atoms with Gasteiger partial charge in [-0.25, -0.2) is 4.98 Å². The standard InChI is InChI=1S/C26H28F3N7O2/c1-16-11-36(6-7-38-16)12-20-24-19(9-21(31-20)26(27,28)29)23(33-34-24)17-4-3-5-18(8-17)25(13-37-14-25)10-22-32-30-15-35(22)2/h3-5,8-9,15-16H,6-7,10-14H2,1-2H3,(H,33,34)/t16-/m0/s1. The number of aromatic amines is 1. The Bertz CT molecular complexity index is 1460. The van der Waals surface area contributed by atoms with Gasteiger partial charge in [0, 0.05) is 49.5 Å². The van der Waals surface area contributed by atoms with Crippen LogP contribution in [-0.2, 0) is 41.1 Å². The van der Waals surface area contributed by atoms with Gasteiger partial charge in [0.05, 0.1) is 37.1 Å². The summed E-state index contributed by atoms with van der Waals surface area (Å²) in [5.74, 6) is 0.840. The summed E-state index contributed by atoms with van der Waals surface area (Å²) in [5, 5.41) is 16.1. The number of ether oxygens (including phenoxy) is 2. The maximum absolute atomic E-state index is 13.9. The molecule has 0 saturated carbocycles. The van der Waals surface area contributed by atoms with Gasteiger partial charge in [-0.15, -0.1) is 10.2 Å². The molecule has 2 aliphatic rings. The minimum absolute atomic E-state index is 0.00876. The molecule has 2 aliphatic heterocycles. The van der Waals surface area contributed by atoms with Crippen molar-refractivity contribution in [2.45, 2.75) is 37.6 Å². The van der Waals surface area contributed by atoms with E-state index in [9.17, 15) is 13.2 Å². The molecule has 12 heteroatoms. The van der Waals surface area contributed by atoms with E-state index >= 15 is 0 Å². The predicted octanol–water partition coefficient (Wildman–Crippen LogP) is 3.50. The Morgan fingerprint density at radius 1 is 1.21 bits per heavy atom. The molecule has 0 bridgehead atoms. The first-order valence-corrected chi connectivity index (χ1v) is 12.5. The van der Waals surface area contributed by atoms with Gasteiger partial charge in [0.2, 0.25) is 0 Å². The zero-order chi connectivity index (χ0) is 26.5. The third-order valence-corrected chi connectivity index (χ3v) is 7.42. The highest BCUT2D eigenvalue weighted by molar-refractivity contribution is 5.94. The summed E-state index contributed by atoms with van der Waals surface area (Å²) in [7, 11) is 1.90. The highest BCUT2D eigenvalue weighted by Crippen LogP contribution is 2.39. The van der Waals surface area contributed by atoms with Crippen LogP contribution in [0.15, 0.2) is 36.7 Å². The van der Waals surface area contributed by atoms with Crippen LogP contribution in [0.3, 0.4) is 0 Å². The van der Waals surface area contributed by atoms with Crippen molar-refractivity contribution in [3.8, 4) is 11.3 Å². The highest BCUT2D eigenvalue weighted by Gasteiger charge is 2.42. The van der Waals surface area contributed by atoms with Crippen molar-refractivity contribution in [3.05, 3.63) is 59.4 Å². The van der Waals surface area contributed by atoms with E-state index in [2.05, 4.69) is 30.3 Å². The molecule has 0 spiro atoms. The summed E-state index contributed by atoms with van der Waals surface area (Å²) in [4.78, 5) is 6.08. The van der Waals surface area contributed by atoms with Crippen LogP contribution in [0.5, 0.6) is 0 Å². The number of halogens is 3. The number of morpholine rings is 1. The Labute approximate surface area is 217 Å². The molecule has 1 N–H and O–H groups in total. The molecular formula is C26H28F3N7O2. The lowest BCUT2D eigenvalue weighted by Crippen LogP contribution is -2.49. The molecule has 38 heavy (non-hydrogen) atoms. The largest absolute Gasteiger partial charge is 0.433 e. The predicted molar refractivity (Wildman–Crippen MR) is 132 cm³/mol. The van der Waals surface area contributed by atoms with Crippen LogP contribution in [-0.4, -0.2) is 73.9 Å². The number of alkyl halides is 3. The molecule has 6 rings (SSSR count). The van der Waals surface area contributed by atoms with E-state index in [0.717, 1.165) is 23.0 Å². The summed E-state index contributed by atoms with van der Waals surface area (Å²) < 4.78 is 54.8. The maximum Gasteiger partial charge on any atom is 0.433 e. The molecule has 5 heterocycles. The lowest BCUT2D eigenvalue weighted by atomic mass is 9.75. The van der Waals surface area contributed by atoms with Gasteiger partial charge in [-0.3, -0.25) is 10.00 Å². The highest BCUT2D eigenvalue weighted by atomic mass is 19.4. The smallest absolute Gasteiger partial charge is 0.379 e. The van der Waals surface area contributed by atoms with Crippen molar-refractivity contribution in [2.24, 2.45) is 7.05 Å². The first-order valence-electron chi connectivity index (χ1n) is 12.5. The van der Waals surface area contributed by atoms with Gasteiger partial charge in [0.25, 0.3) is 0 Å². The number of fused-ring (bicyclic) bond motifs is 1. The van der Waals surface area contributed by atoms with E-state index in [-0.39, 0.29) is 18.1 Å². The van der Waals surface area contributed by atoms with Gasteiger partial charge >= 0.3 is 6.18 Å². The molecule has 1 atom stereocenters. The second-order valence-electron chi connectivity index (χ2n) is 10.3. The molecule has 3 aromatic heterocycles. The molecule has 4 aromatic rings. The average molecular weight is 528 g/mol. The summed E-state index contributed by atoms with van der Waals surface area (Å²) in [6.45, 7) is 5.05. The number of aromatic nitrogens is 6. The SMILES string of the molecule is C[C@H]1CN(Cc2nc(C(F)(F)F)cc3c(-c4cccc(C5(Cc6nncn6C)COC5)c4)n[nH]c23)CCO1. The zero-order valence-electron chi connectivity index (χ0n) is 21.1. The Kier molecular flexibility index (Phi) is 6.20. The molecular weight excluding hydrogens is 499 g/mol. The number of aryl methyl sites for hydroxylation is 1. The van der Waals surface area contributed by atoms with Crippen molar-refractivity contribution in [1.29, 1.82) is 0 Å². The van der Waals surface area contributed by atoms with Crippen LogP contribution in [0.1, 0.15) is 29.7 Å². The van der Waals surface area contributed by atoms with E-state index in [4.69, 9.17) is 9.47 Å². The molecule has 2 saturated heterocycles. The zero-order valence-corrected chi connectivity index (χ0v) is 21.1. The Morgan fingerprint density at radius 2 is 2.05 bits per heavy atom. The third-order valence-electron chi connectivity index (χ3n) is 7.42. The van der Waals surface area contributed by atoms with E-state index in [1.54, 1.807) is 6.33 Å². The molecule has 0 unspecified atom stereocenters. The van der Waals surface area contributed by atoms with Crippen LogP contribution in [0.2, 0.25) is 0 Å². The van der Waals surface area contributed by atoms with E-state index in [1.807, 2.05) is 42.8 Å². The second-order valence-corrected chi connectivity index (χ2v) is 10.3. The quantitative estimate of drug-likeness (QED) is 0.410. The summed E-state index contributed by atoms with van der Waals surface area (Å²) >= 11 is 0. The fourth-order valence-electron chi connectivity index (χ4n) is 5.29. The number of rotatable bonds is 6. The maximum atomic E-state index is 13.9. The van der Waals surface area contributed by atoms with Gasteiger partial charge in [0.15, 0.2) is 0 Å². The monoisotopic (exact) mass is 527 g/mol. The molecule has 1 aromatic carbocycles. The molecule has 200 valence electrons. The van der Waals surface area contributed by atoms with Crippen molar-refractivity contribution in [1.82, 2.24) is 34.8 Å². The molecule has 0 aliphatic carbocycles. The summed E-state index contributed by atoms with van der Waals surface area (Å²) in [6, 6.07) is 8.88. The van der Waals surface area contributed by atoms with E-state index < -0.39 is 11.9 Å². The molecule has 9 nitrogen and oxygen atoms in total. The van der Waals surface area contributed by atoms with E-state index in [1.165, 1.54) is 0 Å². The number of hydrogen-bond donors (Lipinski definition) is 1. The minimum atomic E-state index is -4.58. The van der Waals surface area contributed by atoms with Gasteiger partial charge < -0.3 is 14.0 Å². The topological polar surface area (TPSA) is 94.0 Å². The van der Waals surface area contributed by atoms with Crippen LogP contribution in [0.4, 0.5) is 13.2 Å². The number of hydrogen-bond acceptors (Lipinski definition) is 7. The van der Waals surface area contributed by atoms with Crippen LogP contribution < -0.4 is 0 Å². The first kappa shape index (κ1) is 25.0. The van der Waals surface area contributed by atoms with Gasteiger partial charge in [0.1, 0.15) is 23.5 Å². The average Bonchev–Trinajstić information content (AvgIpc) is 3.47. The van der Waals surface area contributed by atoms with Crippen LogP contribution in [0.25, 0.3) is 22.2 Å². The van der Waals surface area contributed by atoms with E-state index in [0.29, 0.717) is 61.6 Å². The van der Waals surface area contributed by atoms with Crippen LogP contribution in [0, 0.1) is 0 Å². The lowest BCUT2D eigenvalue weighted by Gasteiger charge is -2.41. The Morgan fingerprint density at radius 3 is 2.74 bits per heavy atom. The van der Waals surface area contributed by atoms with Crippen molar-refractivity contribution >= 4 is 10.9 Å². The second kappa shape index (κ2) is 9.44. The number of H-pyrrole nitrogens is 1. The fraction of sp³-hybridized carbons (Fsp3) is 0.462. The third kappa shape index (κ3) is 4.56. The first-order chi connectivity index (χ1) is 18.2. The number of nitrogens with one attached hydrogen (secondary N) is 1. The Hall–Kier alpha value is -3.35. The number of pyridine rings is 1. The normalized spacial score (nSPS) is 20.1. The molecule has 2 fully saturated rings. The van der Waals surface area contributed by atoms with Gasteiger partial charge in [-0.2, -0.15) is 18.3 Å². The van der Waals surface area contributed by atoms with Crippen molar-refractivity contribution in [3.63, 3.8) is 0 Å².